The van der Waals surface area contributed by atoms with Crippen LogP contribution in [0, 0.1) is 0 Å². The summed E-state index contributed by atoms with van der Waals surface area (Å²) in [6.45, 7) is 12.0. The zero-order valence-electron chi connectivity index (χ0n) is 15.2. The van der Waals surface area contributed by atoms with Gasteiger partial charge in [-0.15, -0.1) is 0 Å². The maximum atomic E-state index is 12.4. The molecule has 1 aromatic carbocycles. The van der Waals surface area contributed by atoms with E-state index < -0.39 is 0 Å². The normalized spacial score (nSPS) is 17.2. The van der Waals surface area contributed by atoms with Crippen molar-refractivity contribution in [2.24, 2.45) is 0 Å². The van der Waals surface area contributed by atoms with Crippen molar-refractivity contribution in [3.8, 4) is 5.75 Å². The molecule has 1 saturated heterocycles. The van der Waals surface area contributed by atoms with Crippen LogP contribution in [0.3, 0.4) is 0 Å². The van der Waals surface area contributed by atoms with Gasteiger partial charge in [-0.25, -0.2) is 10.0 Å². The molecule has 1 amide bonds. The summed E-state index contributed by atoms with van der Waals surface area (Å²) in [5.41, 5.74) is 0.666. The van der Waals surface area contributed by atoms with Gasteiger partial charge in [-0.2, -0.15) is 0 Å². The van der Waals surface area contributed by atoms with Gasteiger partial charge < -0.3 is 10.1 Å². The Morgan fingerprint density at radius 1 is 1.17 bits per heavy atom. The number of hydrogen-bond donors (Lipinski definition) is 1. The molecule has 0 radical (unpaired) electrons. The summed E-state index contributed by atoms with van der Waals surface area (Å²) in [5, 5.41) is 7.70. The lowest BCUT2D eigenvalue weighted by molar-refractivity contribution is 0.0388. The minimum atomic E-state index is -0.0256. The predicted octanol–water partition coefficient (Wildman–Crippen LogP) is 3.05. The molecule has 24 heavy (non-hydrogen) atoms. The molecule has 0 spiro atoms. The van der Waals surface area contributed by atoms with Gasteiger partial charge in [0, 0.05) is 38.2 Å². The van der Waals surface area contributed by atoms with E-state index in [0.29, 0.717) is 5.56 Å². The van der Waals surface area contributed by atoms with E-state index in [1.165, 1.54) is 0 Å². The van der Waals surface area contributed by atoms with Crippen LogP contribution in [0.25, 0.3) is 0 Å². The highest BCUT2D eigenvalue weighted by molar-refractivity contribution is 5.94. The first-order valence-electron chi connectivity index (χ1n) is 8.84. The number of nitrogens with one attached hydrogen (secondary N) is 1. The standard InChI is InChI=1S/C19H29N3O2/c1-5-17(6-2)24-18-11-9-15(10-12-18)19(23)20-16-13-21(7-3)22(8-4)14-16/h5,9-12,16H,6-8,13-14H2,1-4H3,(H,20,23). The second-order valence-corrected chi connectivity index (χ2v) is 5.92. The Bertz CT molecular complexity index is 556. The van der Waals surface area contributed by atoms with Crippen molar-refractivity contribution >= 4 is 5.91 Å². The minimum Gasteiger partial charge on any atom is -0.462 e. The highest BCUT2D eigenvalue weighted by Gasteiger charge is 2.28. The number of hydrogen-bond acceptors (Lipinski definition) is 4. The van der Waals surface area contributed by atoms with Gasteiger partial charge in [-0.1, -0.05) is 20.8 Å². The van der Waals surface area contributed by atoms with Crippen LogP contribution in [0.1, 0.15) is 44.5 Å². The van der Waals surface area contributed by atoms with Gasteiger partial charge in [0.25, 0.3) is 5.91 Å². The maximum absolute atomic E-state index is 12.4. The van der Waals surface area contributed by atoms with E-state index >= 15 is 0 Å². The van der Waals surface area contributed by atoms with Crippen molar-refractivity contribution < 1.29 is 9.53 Å². The van der Waals surface area contributed by atoms with Gasteiger partial charge in [0.05, 0.1) is 11.8 Å². The molecule has 1 N–H and O–H groups in total. The molecule has 0 aliphatic carbocycles. The Balaban J connectivity index is 1.93. The van der Waals surface area contributed by atoms with E-state index in [1.54, 1.807) is 0 Å². The Labute approximate surface area is 145 Å². The predicted molar refractivity (Wildman–Crippen MR) is 96.9 cm³/mol. The van der Waals surface area contributed by atoms with Gasteiger partial charge in [0.2, 0.25) is 0 Å². The fourth-order valence-corrected chi connectivity index (χ4v) is 2.98. The molecule has 0 aromatic heterocycles. The number of hydrazine groups is 1. The molecule has 1 aromatic rings. The van der Waals surface area contributed by atoms with Crippen LogP contribution < -0.4 is 10.1 Å². The van der Waals surface area contributed by atoms with Crippen LogP contribution in [0.2, 0.25) is 0 Å². The fourth-order valence-electron chi connectivity index (χ4n) is 2.98. The zero-order valence-corrected chi connectivity index (χ0v) is 15.2. The monoisotopic (exact) mass is 331 g/mol. The lowest BCUT2D eigenvalue weighted by Gasteiger charge is -2.24. The third-order valence-electron chi connectivity index (χ3n) is 4.36. The van der Waals surface area contributed by atoms with E-state index in [1.807, 2.05) is 37.3 Å². The van der Waals surface area contributed by atoms with E-state index in [-0.39, 0.29) is 11.9 Å². The molecule has 1 heterocycles. The molecule has 1 aliphatic rings. The van der Waals surface area contributed by atoms with Crippen molar-refractivity contribution in [1.82, 2.24) is 15.3 Å². The topological polar surface area (TPSA) is 44.8 Å². The molecule has 0 bridgehead atoms. The average molecular weight is 331 g/mol. The van der Waals surface area contributed by atoms with Crippen LogP contribution in [0.5, 0.6) is 5.75 Å². The largest absolute Gasteiger partial charge is 0.462 e. The lowest BCUT2D eigenvalue weighted by atomic mass is 10.2. The number of rotatable bonds is 7. The van der Waals surface area contributed by atoms with Gasteiger partial charge in [0.15, 0.2) is 0 Å². The van der Waals surface area contributed by atoms with Crippen LogP contribution in [-0.2, 0) is 0 Å². The average Bonchev–Trinajstić information content (AvgIpc) is 3.02. The Morgan fingerprint density at radius 2 is 1.75 bits per heavy atom. The Kier molecular flexibility index (Phi) is 6.82. The van der Waals surface area contributed by atoms with Crippen LogP contribution in [0.4, 0.5) is 0 Å². The Morgan fingerprint density at radius 3 is 2.21 bits per heavy atom. The third kappa shape index (κ3) is 4.58. The van der Waals surface area contributed by atoms with Crippen molar-refractivity contribution in [1.29, 1.82) is 0 Å². The molecular formula is C19H29N3O2. The summed E-state index contributed by atoms with van der Waals surface area (Å²) in [4.78, 5) is 12.4. The summed E-state index contributed by atoms with van der Waals surface area (Å²) in [6.07, 6.45) is 2.81. The van der Waals surface area contributed by atoms with E-state index in [2.05, 4.69) is 36.1 Å². The van der Waals surface area contributed by atoms with Crippen LogP contribution >= 0.6 is 0 Å². The molecule has 0 saturated carbocycles. The smallest absolute Gasteiger partial charge is 0.251 e. The summed E-state index contributed by atoms with van der Waals surface area (Å²) >= 11 is 0. The number of allylic oxidation sites excluding steroid dienone is 2. The highest BCUT2D eigenvalue weighted by atomic mass is 16.5. The lowest BCUT2D eigenvalue weighted by Crippen LogP contribution is -2.38. The van der Waals surface area contributed by atoms with Gasteiger partial charge in [-0.05, 0) is 37.3 Å². The SMILES string of the molecule is CC=C(CC)Oc1ccc(C(=O)NC2CN(CC)N(CC)C2)cc1. The van der Waals surface area contributed by atoms with E-state index in [4.69, 9.17) is 4.74 Å². The molecule has 1 aliphatic heterocycles. The van der Waals surface area contributed by atoms with Crippen LogP contribution in [0.15, 0.2) is 36.1 Å². The molecule has 5 nitrogen and oxygen atoms in total. The number of ether oxygens (including phenoxy) is 1. The van der Waals surface area contributed by atoms with Crippen LogP contribution in [-0.4, -0.2) is 48.1 Å². The summed E-state index contributed by atoms with van der Waals surface area (Å²) < 4.78 is 5.75. The first-order valence-corrected chi connectivity index (χ1v) is 8.84. The summed E-state index contributed by atoms with van der Waals surface area (Å²) in [6, 6.07) is 7.50. The molecule has 2 rings (SSSR count). The van der Waals surface area contributed by atoms with Gasteiger partial charge >= 0.3 is 0 Å². The third-order valence-corrected chi connectivity index (χ3v) is 4.36. The minimum absolute atomic E-state index is 0.0256. The van der Waals surface area contributed by atoms with E-state index in [0.717, 1.165) is 44.1 Å². The molecule has 5 heteroatoms. The summed E-state index contributed by atoms with van der Waals surface area (Å²) in [5.74, 6) is 1.66. The van der Waals surface area contributed by atoms with Crippen molar-refractivity contribution in [3.05, 3.63) is 41.7 Å². The molecule has 0 unspecified atom stereocenters. The zero-order chi connectivity index (χ0) is 17.5. The second-order valence-electron chi connectivity index (χ2n) is 5.92. The quantitative estimate of drug-likeness (QED) is 0.780. The highest BCUT2D eigenvalue weighted by Crippen LogP contribution is 2.17. The number of likely N-dealkylation sites (N-methyl/N-ethyl adjacent to an activating group) is 2. The van der Waals surface area contributed by atoms with Gasteiger partial charge in [0.1, 0.15) is 5.75 Å². The van der Waals surface area contributed by atoms with E-state index in [9.17, 15) is 4.79 Å². The fraction of sp³-hybridized carbons (Fsp3) is 0.526. The van der Waals surface area contributed by atoms with Crippen molar-refractivity contribution in [3.63, 3.8) is 0 Å². The second kappa shape index (κ2) is 8.85. The van der Waals surface area contributed by atoms with Crippen molar-refractivity contribution in [2.75, 3.05) is 26.2 Å². The first kappa shape index (κ1) is 18.5. The Hall–Kier alpha value is -1.85. The number of carbonyl (C=O) groups is 1. The number of benzene rings is 1. The number of amides is 1. The number of carbonyl (C=O) groups excluding carboxylic acids is 1. The molecular weight excluding hydrogens is 302 g/mol. The molecule has 132 valence electrons. The first-order chi connectivity index (χ1) is 11.6. The molecule has 1 fully saturated rings. The molecule has 0 atom stereocenters. The van der Waals surface area contributed by atoms with Gasteiger partial charge in [-0.3, -0.25) is 4.79 Å². The number of nitrogens with zero attached hydrogens (tertiary/aromatic N) is 2. The van der Waals surface area contributed by atoms with Crippen molar-refractivity contribution in [2.45, 2.75) is 40.2 Å². The maximum Gasteiger partial charge on any atom is 0.251 e. The summed E-state index contributed by atoms with van der Waals surface area (Å²) in [7, 11) is 0.